The Bertz CT molecular complexity index is 1390. The van der Waals surface area contributed by atoms with E-state index in [0.29, 0.717) is 16.5 Å². The molecule has 1 aliphatic carbocycles. The predicted molar refractivity (Wildman–Crippen MR) is 113 cm³/mol. The van der Waals surface area contributed by atoms with Crippen LogP contribution in [0.25, 0.3) is 10.9 Å². The molecule has 1 aliphatic heterocycles. The van der Waals surface area contributed by atoms with Gasteiger partial charge in [-0.05, 0) is 62.4 Å². The lowest BCUT2D eigenvalue weighted by Gasteiger charge is -2.43. The Morgan fingerprint density at radius 2 is 1.82 bits per heavy atom. The summed E-state index contributed by atoms with van der Waals surface area (Å²) >= 11 is 0. The predicted octanol–water partition coefficient (Wildman–Crippen LogP) is 3.25. The first-order valence-corrected chi connectivity index (χ1v) is 10.5. The molecule has 1 fully saturated rings. The van der Waals surface area contributed by atoms with Gasteiger partial charge in [0.2, 0.25) is 0 Å². The van der Waals surface area contributed by atoms with Crippen molar-refractivity contribution in [3.05, 3.63) is 58.0 Å². The lowest BCUT2D eigenvalue weighted by molar-refractivity contribution is -0.275. The van der Waals surface area contributed by atoms with Crippen molar-refractivity contribution in [2.75, 3.05) is 5.32 Å². The molecule has 178 valence electrons. The number of pyridine rings is 1. The highest BCUT2D eigenvalue weighted by Gasteiger charge is 2.59. The molecule has 0 radical (unpaired) electrons. The van der Waals surface area contributed by atoms with Gasteiger partial charge in [0.25, 0.3) is 11.5 Å². The minimum Gasteiger partial charge on any atom is -0.380 e. The summed E-state index contributed by atoms with van der Waals surface area (Å²) in [6.45, 7) is 1.60. The molecule has 3 N–H and O–H groups in total. The fourth-order valence-corrected chi connectivity index (χ4v) is 4.82. The number of benzene rings is 1. The molecule has 5 rings (SSSR count). The number of alkyl halides is 3. The van der Waals surface area contributed by atoms with Gasteiger partial charge in [-0.15, -0.1) is 0 Å². The number of carbonyl (C=O) groups is 1. The van der Waals surface area contributed by atoms with E-state index in [4.69, 9.17) is 0 Å². The summed E-state index contributed by atoms with van der Waals surface area (Å²) in [4.78, 5) is 34.4. The van der Waals surface area contributed by atoms with Crippen LogP contribution in [0.5, 0.6) is 0 Å². The number of aliphatic hydroxyl groups is 1. The summed E-state index contributed by atoms with van der Waals surface area (Å²) < 4.78 is 55.0. The summed E-state index contributed by atoms with van der Waals surface area (Å²) in [6, 6.07) is 5.34. The quantitative estimate of drug-likeness (QED) is 0.489. The highest BCUT2D eigenvalue weighted by Crippen LogP contribution is 2.47. The van der Waals surface area contributed by atoms with Gasteiger partial charge in [-0.1, -0.05) is 0 Å². The molecule has 1 aromatic carbocycles. The zero-order chi connectivity index (χ0) is 24.5. The molecule has 0 unspecified atom stereocenters. The summed E-state index contributed by atoms with van der Waals surface area (Å²) in [5.41, 5.74) is -4.03. The largest absolute Gasteiger partial charge is 0.417 e. The maximum absolute atomic E-state index is 13.8. The third-order valence-corrected chi connectivity index (χ3v) is 6.66. The Labute approximate surface area is 189 Å². The second kappa shape index (κ2) is 7.23. The van der Waals surface area contributed by atoms with Crippen LogP contribution in [0.15, 0.2) is 35.4 Å². The van der Waals surface area contributed by atoms with E-state index in [1.807, 2.05) is 0 Å². The molecule has 1 saturated carbocycles. The van der Waals surface area contributed by atoms with Crippen molar-refractivity contribution in [3.8, 4) is 0 Å². The maximum Gasteiger partial charge on any atom is 0.417 e. The molecule has 8 nitrogen and oxygen atoms in total. The van der Waals surface area contributed by atoms with Crippen LogP contribution >= 0.6 is 0 Å². The number of nitrogens with zero attached hydrogens (tertiary/aromatic N) is 3. The van der Waals surface area contributed by atoms with E-state index < -0.39 is 47.6 Å². The van der Waals surface area contributed by atoms with Gasteiger partial charge in [0.15, 0.2) is 5.60 Å². The smallest absolute Gasteiger partial charge is 0.380 e. The van der Waals surface area contributed by atoms with Crippen LogP contribution in [0.4, 0.5) is 29.1 Å². The van der Waals surface area contributed by atoms with E-state index in [-0.39, 0.29) is 30.0 Å². The first kappa shape index (κ1) is 22.3. The Morgan fingerprint density at radius 3 is 2.50 bits per heavy atom. The number of anilines is 2. The van der Waals surface area contributed by atoms with Crippen LogP contribution in [-0.2, 0) is 5.66 Å². The van der Waals surface area contributed by atoms with Gasteiger partial charge in [-0.25, -0.2) is 14.4 Å². The third kappa shape index (κ3) is 3.23. The van der Waals surface area contributed by atoms with Gasteiger partial charge in [0.1, 0.15) is 35.0 Å². The number of halogens is 4. The number of hydrogen-bond donors (Lipinski definition) is 3. The van der Waals surface area contributed by atoms with Gasteiger partial charge in [-0.2, -0.15) is 13.2 Å². The number of fused-ring (bicyclic) bond motifs is 3. The summed E-state index contributed by atoms with van der Waals surface area (Å²) in [7, 11) is 0. The number of carbonyl (C=O) groups excluding carboxylic acids is 1. The van der Waals surface area contributed by atoms with Gasteiger partial charge >= 0.3 is 6.18 Å². The first-order valence-electron chi connectivity index (χ1n) is 10.5. The van der Waals surface area contributed by atoms with Crippen LogP contribution in [0.1, 0.15) is 41.7 Å². The van der Waals surface area contributed by atoms with Crippen molar-refractivity contribution in [1.82, 2.24) is 19.9 Å². The first-order chi connectivity index (χ1) is 15.9. The zero-order valence-electron chi connectivity index (χ0n) is 17.8. The number of aromatic nitrogens is 3. The SMILES string of the molecule is Cc1cc(Nc2ncnc3ccc(F)cc23)c(=O)n2c1C(=O)N[C@]21CC[C@@](O)(C(F)(F)F)CC1. The summed E-state index contributed by atoms with van der Waals surface area (Å²) in [5, 5.41) is 15.9. The Balaban J connectivity index is 1.59. The average molecular weight is 477 g/mol. The molecule has 3 aromatic rings. The summed E-state index contributed by atoms with van der Waals surface area (Å²) in [6.07, 6.45) is -5.50. The standard InChI is InChI=1S/C22H19F4N5O3/c1-11-8-15(29-17-13-9-12(23)2-3-14(13)27-10-28-17)19(33)31-16(11)18(32)30-21(31)6-4-20(34,5-7-21)22(24,25)26/h2-3,8-10,34H,4-7H2,1H3,(H,30,32)(H,27,28,29)/t20-,21+. The van der Waals surface area contributed by atoms with Crippen molar-refractivity contribution in [2.24, 2.45) is 0 Å². The third-order valence-electron chi connectivity index (χ3n) is 6.66. The fraction of sp³-hybridized carbons (Fsp3) is 0.364. The topological polar surface area (TPSA) is 109 Å². The van der Waals surface area contributed by atoms with E-state index in [2.05, 4.69) is 20.6 Å². The van der Waals surface area contributed by atoms with Crippen LogP contribution < -0.4 is 16.2 Å². The molecule has 12 heteroatoms. The van der Waals surface area contributed by atoms with Crippen molar-refractivity contribution in [1.29, 1.82) is 0 Å². The van der Waals surface area contributed by atoms with E-state index in [0.717, 1.165) is 0 Å². The molecule has 34 heavy (non-hydrogen) atoms. The van der Waals surface area contributed by atoms with Crippen LogP contribution in [0.2, 0.25) is 0 Å². The Morgan fingerprint density at radius 1 is 1.12 bits per heavy atom. The summed E-state index contributed by atoms with van der Waals surface area (Å²) in [5.74, 6) is -0.948. The van der Waals surface area contributed by atoms with Crippen LogP contribution in [0.3, 0.4) is 0 Å². The molecule has 0 saturated heterocycles. The normalized spacial score (nSPS) is 24.4. The van der Waals surface area contributed by atoms with E-state index in [1.165, 1.54) is 35.2 Å². The van der Waals surface area contributed by atoms with Gasteiger partial charge in [-0.3, -0.25) is 14.2 Å². The average Bonchev–Trinajstić information content (AvgIpc) is 3.06. The highest BCUT2D eigenvalue weighted by molar-refractivity contribution is 5.97. The van der Waals surface area contributed by atoms with Crippen LogP contribution in [0, 0.1) is 12.7 Å². The number of hydrogen-bond acceptors (Lipinski definition) is 6. The molecule has 0 atom stereocenters. The molecule has 2 aromatic heterocycles. The Hall–Kier alpha value is -3.54. The van der Waals surface area contributed by atoms with E-state index in [1.54, 1.807) is 6.92 Å². The lowest BCUT2D eigenvalue weighted by Crippen LogP contribution is -2.57. The number of nitrogens with one attached hydrogen (secondary N) is 2. The van der Waals surface area contributed by atoms with Crippen LogP contribution in [-0.4, -0.2) is 37.3 Å². The lowest BCUT2D eigenvalue weighted by atomic mass is 9.78. The second-order valence-corrected chi connectivity index (χ2v) is 8.75. The van der Waals surface area contributed by atoms with Gasteiger partial charge in [0.05, 0.1) is 5.52 Å². The molecular weight excluding hydrogens is 458 g/mol. The molecule has 1 spiro atoms. The van der Waals surface area contributed by atoms with E-state index >= 15 is 0 Å². The maximum atomic E-state index is 13.8. The van der Waals surface area contributed by atoms with Gasteiger partial charge in [0, 0.05) is 5.39 Å². The Kier molecular flexibility index (Phi) is 4.73. The number of amides is 1. The number of rotatable bonds is 2. The van der Waals surface area contributed by atoms with Gasteiger partial charge < -0.3 is 15.7 Å². The molecule has 0 bridgehead atoms. The molecule has 1 amide bonds. The zero-order valence-corrected chi connectivity index (χ0v) is 17.8. The van der Waals surface area contributed by atoms with Crippen molar-refractivity contribution in [3.63, 3.8) is 0 Å². The second-order valence-electron chi connectivity index (χ2n) is 8.75. The minimum absolute atomic E-state index is 0.0121. The highest BCUT2D eigenvalue weighted by atomic mass is 19.4. The fourth-order valence-electron chi connectivity index (χ4n) is 4.82. The number of aryl methyl sites for hydroxylation is 1. The monoisotopic (exact) mass is 477 g/mol. The minimum atomic E-state index is -4.83. The molecule has 3 heterocycles. The van der Waals surface area contributed by atoms with Crippen molar-refractivity contribution in [2.45, 2.75) is 50.0 Å². The van der Waals surface area contributed by atoms with Crippen molar-refractivity contribution >= 4 is 28.3 Å². The molecular formula is C22H19F4N5O3. The van der Waals surface area contributed by atoms with E-state index in [9.17, 15) is 32.3 Å². The van der Waals surface area contributed by atoms with Crippen molar-refractivity contribution < 1.29 is 27.5 Å². The molecule has 2 aliphatic rings.